The Morgan fingerprint density at radius 1 is 1.15 bits per heavy atom. The lowest BCUT2D eigenvalue weighted by molar-refractivity contribution is -0.173. The van der Waals surface area contributed by atoms with Crippen LogP contribution >= 0.6 is 42.6 Å². The maximum absolute atomic E-state index is 12.2. The summed E-state index contributed by atoms with van der Waals surface area (Å²) >= 11 is 16.5. The summed E-state index contributed by atoms with van der Waals surface area (Å²) in [5, 5.41) is 1.61. The monoisotopic (exact) mass is 366 g/mol. The highest BCUT2D eigenvalue weighted by Crippen LogP contribution is 2.43. The van der Waals surface area contributed by atoms with Crippen LogP contribution in [0.4, 0.5) is 13.2 Å². The molecule has 10 heteroatoms. The molecule has 0 heterocycles. The van der Waals surface area contributed by atoms with Crippen LogP contribution < -0.4 is 10.6 Å². The molecule has 0 aromatic heterocycles. The molecule has 0 aliphatic heterocycles. The molecule has 0 spiro atoms. The van der Waals surface area contributed by atoms with E-state index in [1.165, 1.54) is 29.6 Å². The van der Waals surface area contributed by atoms with Crippen molar-refractivity contribution in [3.8, 4) is 0 Å². The lowest BCUT2D eigenvalue weighted by Crippen LogP contribution is -2.47. The van der Waals surface area contributed by atoms with E-state index in [0.29, 0.717) is 0 Å². The minimum atomic E-state index is -5.17. The van der Waals surface area contributed by atoms with Crippen LogP contribution in [0.5, 0.6) is 0 Å². The summed E-state index contributed by atoms with van der Waals surface area (Å²) in [7, 11) is -2.58. The third kappa shape index (κ3) is 4.77. The average Bonchev–Trinajstić information content (AvgIpc) is 2.33. The van der Waals surface area contributed by atoms with E-state index in [0.717, 1.165) is 0 Å². The van der Waals surface area contributed by atoms with Gasteiger partial charge in [0.15, 0.2) is 5.30 Å². The van der Waals surface area contributed by atoms with Crippen LogP contribution in [0.15, 0.2) is 30.3 Å². The second-order valence-electron chi connectivity index (χ2n) is 3.58. The smallest absolute Gasteiger partial charge is 0.301 e. The van der Waals surface area contributed by atoms with Crippen molar-refractivity contribution < 1.29 is 22.5 Å². The zero-order valence-electron chi connectivity index (χ0n) is 9.50. The highest BCUT2D eigenvalue weighted by molar-refractivity contribution is 7.54. The molecule has 1 amide bonds. The third-order valence-corrected chi connectivity index (χ3v) is 4.98. The van der Waals surface area contributed by atoms with Crippen molar-refractivity contribution in [1.29, 1.82) is 0 Å². The molecule has 0 fully saturated rings. The fourth-order valence-electron chi connectivity index (χ4n) is 1.20. The zero-order valence-corrected chi connectivity index (χ0v) is 12.7. The molecule has 2 unspecified atom stereocenters. The molecule has 2 atom stereocenters. The largest absolute Gasteiger partial charge is 0.471 e. The van der Waals surface area contributed by atoms with Gasteiger partial charge in [0.25, 0.3) is 9.58 Å². The van der Waals surface area contributed by atoms with Crippen LogP contribution in [0.25, 0.3) is 0 Å². The highest BCUT2D eigenvalue weighted by atomic mass is 35.6. The summed E-state index contributed by atoms with van der Waals surface area (Å²) in [5.74, 6) is -4.13. The van der Waals surface area contributed by atoms with Crippen molar-refractivity contribution in [1.82, 2.24) is 5.32 Å². The maximum Gasteiger partial charge on any atom is 0.471 e. The number of amides is 1. The second kappa shape index (κ2) is 6.48. The van der Waals surface area contributed by atoms with Crippen molar-refractivity contribution in [2.45, 2.75) is 15.8 Å². The molecule has 3 nitrogen and oxygen atoms in total. The Labute approximate surface area is 128 Å². The number of halogens is 6. The molecule has 0 radical (unpaired) electrons. The zero-order chi connectivity index (χ0) is 15.6. The predicted octanol–water partition coefficient (Wildman–Crippen LogP) is 3.51. The van der Waals surface area contributed by atoms with E-state index in [-0.39, 0.29) is 5.30 Å². The Morgan fingerprint density at radius 3 is 2.05 bits per heavy atom. The van der Waals surface area contributed by atoms with E-state index in [1.807, 2.05) is 0 Å². The number of hydrogen-bond donors (Lipinski definition) is 1. The van der Waals surface area contributed by atoms with Crippen LogP contribution in [0.1, 0.15) is 0 Å². The lowest BCUT2D eigenvalue weighted by Gasteiger charge is -2.17. The summed E-state index contributed by atoms with van der Waals surface area (Å²) in [6.45, 7) is 0. The first-order chi connectivity index (χ1) is 9.03. The van der Waals surface area contributed by atoms with Gasteiger partial charge in [-0.2, -0.15) is 13.2 Å². The van der Waals surface area contributed by atoms with Gasteiger partial charge in [0.1, 0.15) is 0 Å². The van der Waals surface area contributed by atoms with E-state index in [2.05, 4.69) is 0 Å². The van der Waals surface area contributed by atoms with E-state index in [1.54, 1.807) is 6.07 Å². The van der Waals surface area contributed by atoms with Crippen molar-refractivity contribution in [2.75, 3.05) is 0 Å². The minimum absolute atomic E-state index is 0.154. The van der Waals surface area contributed by atoms with Gasteiger partial charge in [-0.1, -0.05) is 57.6 Å². The van der Waals surface area contributed by atoms with Gasteiger partial charge in [0.2, 0.25) is 0 Å². The molecule has 110 valence electrons. The molecule has 0 aliphatic carbocycles. The van der Waals surface area contributed by atoms with Crippen molar-refractivity contribution in [2.24, 2.45) is 0 Å². The summed E-state index contributed by atoms with van der Waals surface area (Å²) in [6, 6.07) is 7.43. The number of rotatable bonds is 3. The molecule has 0 bridgehead atoms. The summed E-state index contributed by atoms with van der Waals surface area (Å²) in [5.41, 5.74) is 0. The topological polar surface area (TPSA) is 46.2 Å². The maximum atomic E-state index is 12.2. The molecule has 1 rings (SSSR count). The van der Waals surface area contributed by atoms with Gasteiger partial charge >= 0.3 is 19.9 Å². The van der Waals surface area contributed by atoms with Gasteiger partial charge in [-0.15, -0.1) is 0 Å². The second-order valence-corrected chi connectivity index (χ2v) is 7.63. The van der Waals surface area contributed by atoms with Crippen LogP contribution in [0.2, 0.25) is 0 Å². The standard InChI is InChI=1S/C10H6Cl3F3NO2P/c11-9(12,13)8(17-7(18)10(14,15)16)20(19)6-4-2-1-3-5-6/h1-5,8H/p+1. The van der Waals surface area contributed by atoms with Crippen LogP contribution in [-0.4, -0.2) is 21.7 Å². The number of benzene rings is 1. The van der Waals surface area contributed by atoms with Gasteiger partial charge in [0.05, 0.1) is 0 Å². The van der Waals surface area contributed by atoms with Gasteiger partial charge in [-0.25, -0.2) is 0 Å². The molecule has 0 saturated heterocycles. The fraction of sp³-hybridized carbons (Fsp3) is 0.300. The first-order valence-electron chi connectivity index (χ1n) is 4.99. The van der Waals surface area contributed by atoms with Crippen molar-refractivity contribution >= 4 is 53.8 Å². The highest BCUT2D eigenvalue weighted by Gasteiger charge is 2.52. The van der Waals surface area contributed by atoms with Gasteiger partial charge in [-0.3, -0.25) is 4.79 Å². The Kier molecular flexibility index (Phi) is 5.67. The molecular formula is C10H7Cl3F3NO2P+. The minimum Gasteiger partial charge on any atom is -0.301 e. The number of alkyl halides is 6. The summed E-state index contributed by atoms with van der Waals surface area (Å²) in [4.78, 5) is 10.9. The Balaban J connectivity index is 3.03. The Bertz CT molecular complexity index is 505. The summed E-state index contributed by atoms with van der Waals surface area (Å²) in [6.07, 6.45) is -5.17. The van der Waals surface area contributed by atoms with E-state index in [9.17, 15) is 22.5 Å². The van der Waals surface area contributed by atoms with Crippen LogP contribution in [0.3, 0.4) is 0 Å². The Hall–Kier alpha value is -0.550. The molecule has 0 aliphatic rings. The molecule has 20 heavy (non-hydrogen) atoms. The average molecular weight is 367 g/mol. The number of carbonyl (C=O) groups is 1. The van der Waals surface area contributed by atoms with Gasteiger partial charge < -0.3 is 5.32 Å². The van der Waals surface area contributed by atoms with Crippen molar-refractivity contribution in [3.63, 3.8) is 0 Å². The first kappa shape index (κ1) is 17.5. The Morgan fingerprint density at radius 2 is 1.65 bits per heavy atom. The molecule has 1 aromatic rings. The molecule has 1 aromatic carbocycles. The molecule has 1 N–H and O–H groups in total. The number of hydrogen-bond acceptors (Lipinski definition) is 2. The fourth-order valence-corrected chi connectivity index (χ4v) is 3.43. The van der Waals surface area contributed by atoms with Crippen LogP contribution in [-0.2, 0) is 9.36 Å². The lowest BCUT2D eigenvalue weighted by atomic mass is 10.4. The van der Waals surface area contributed by atoms with E-state index < -0.39 is 29.5 Å². The third-order valence-electron chi connectivity index (χ3n) is 2.08. The number of nitrogens with one attached hydrogen (secondary N) is 1. The number of carbonyl (C=O) groups excluding carboxylic acids is 1. The van der Waals surface area contributed by atoms with Gasteiger partial charge in [-0.05, 0) is 12.1 Å². The SMILES string of the molecule is O=C(NC([P+](=O)c1ccccc1)C(Cl)(Cl)Cl)C(F)(F)F. The molecule has 0 saturated carbocycles. The van der Waals surface area contributed by atoms with Crippen molar-refractivity contribution in [3.05, 3.63) is 30.3 Å². The van der Waals surface area contributed by atoms with Crippen LogP contribution in [0, 0.1) is 0 Å². The van der Waals surface area contributed by atoms with Gasteiger partial charge in [0, 0.05) is 0 Å². The molecular weight excluding hydrogens is 360 g/mol. The quantitative estimate of drug-likeness (QED) is 0.656. The normalized spacial score (nSPS) is 14.6. The first-order valence-corrected chi connectivity index (χ1v) is 7.45. The predicted molar refractivity (Wildman–Crippen MR) is 72.0 cm³/mol. The van der Waals surface area contributed by atoms with E-state index >= 15 is 0 Å². The van der Waals surface area contributed by atoms with E-state index in [4.69, 9.17) is 34.8 Å². The summed E-state index contributed by atoms with van der Waals surface area (Å²) < 4.78 is 46.5.